The van der Waals surface area contributed by atoms with E-state index in [1.807, 2.05) is 44.3 Å². The number of hydrogen-bond donors (Lipinski definition) is 1. The number of benzene rings is 1. The average molecular weight is 328 g/mol. The number of rotatable bonds is 2. The molecule has 2 N–H and O–H groups in total. The van der Waals surface area contributed by atoms with E-state index in [1.165, 1.54) is 0 Å². The minimum atomic E-state index is -0.460. The van der Waals surface area contributed by atoms with E-state index in [9.17, 15) is 0 Å². The third-order valence-electron chi connectivity index (χ3n) is 2.25. The lowest BCUT2D eigenvalue weighted by Gasteiger charge is -2.13. The van der Waals surface area contributed by atoms with Gasteiger partial charge in [-0.25, -0.2) is 4.68 Å². The summed E-state index contributed by atoms with van der Waals surface area (Å²) in [6, 6.07) is 8.01. The lowest BCUT2D eigenvalue weighted by Crippen LogP contribution is -2.29. The van der Waals surface area contributed by atoms with Gasteiger partial charge in [0.2, 0.25) is 0 Å². The van der Waals surface area contributed by atoms with Crippen LogP contribution in [0.5, 0.6) is 0 Å². The van der Waals surface area contributed by atoms with E-state index in [4.69, 9.17) is 5.73 Å². The number of hydrogen-bond acceptors (Lipinski definition) is 3. The van der Waals surface area contributed by atoms with E-state index >= 15 is 0 Å². The summed E-state index contributed by atoms with van der Waals surface area (Å²) in [6.45, 7) is 3.83. The van der Waals surface area contributed by atoms with Crippen molar-refractivity contribution in [3.8, 4) is 5.69 Å². The van der Waals surface area contributed by atoms with E-state index in [2.05, 4.69) is 32.9 Å². The molecule has 0 unspecified atom stereocenters. The Balaban J connectivity index is 2.44. The first-order chi connectivity index (χ1) is 7.48. The molecule has 2 aromatic rings. The van der Waals surface area contributed by atoms with Crippen LogP contribution in [-0.4, -0.2) is 15.0 Å². The lowest BCUT2D eigenvalue weighted by atomic mass is 10.0. The molecule has 1 aromatic carbocycles. The Kier molecular flexibility index (Phi) is 2.98. The van der Waals surface area contributed by atoms with E-state index < -0.39 is 5.54 Å². The molecule has 4 nitrogen and oxygen atoms in total. The minimum Gasteiger partial charge on any atom is -0.320 e. The Hall–Kier alpha value is -0.950. The molecule has 5 heteroatoms. The van der Waals surface area contributed by atoms with Gasteiger partial charge < -0.3 is 5.73 Å². The number of halogens is 1. The second-order valence-corrected chi connectivity index (χ2v) is 5.38. The maximum absolute atomic E-state index is 5.97. The monoisotopic (exact) mass is 328 g/mol. The largest absolute Gasteiger partial charge is 0.320 e. The van der Waals surface area contributed by atoms with Crippen molar-refractivity contribution in [2.45, 2.75) is 19.4 Å². The Morgan fingerprint density at radius 2 is 2.00 bits per heavy atom. The van der Waals surface area contributed by atoms with Crippen molar-refractivity contribution in [3.63, 3.8) is 0 Å². The molecule has 0 radical (unpaired) electrons. The van der Waals surface area contributed by atoms with Gasteiger partial charge in [0.15, 0.2) is 0 Å². The zero-order valence-electron chi connectivity index (χ0n) is 9.18. The summed E-state index contributed by atoms with van der Waals surface area (Å²) in [5.74, 6) is 0. The lowest BCUT2D eigenvalue weighted by molar-refractivity contribution is 0.533. The topological polar surface area (TPSA) is 56.7 Å². The fourth-order valence-corrected chi connectivity index (χ4v) is 1.95. The highest BCUT2D eigenvalue weighted by Gasteiger charge is 2.18. The quantitative estimate of drug-likeness (QED) is 0.859. The molecule has 0 fully saturated rings. The third kappa shape index (κ3) is 2.25. The first kappa shape index (κ1) is 11.5. The minimum absolute atomic E-state index is 0.460. The number of aromatic nitrogens is 3. The van der Waals surface area contributed by atoms with Crippen LogP contribution in [0.15, 0.2) is 30.5 Å². The van der Waals surface area contributed by atoms with Crippen LogP contribution in [-0.2, 0) is 5.54 Å². The molecule has 0 bridgehead atoms. The normalized spacial score (nSPS) is 11.8. The van der Waals surface area contributed by atoms with Crippen molar-refractivity contribution in [2.24, 2.45) is 5.73 Å². The highest BCUT2D eigenvalue weighted by Crippen LogP contribution is 2.18. The van der Waals surface area contributed by atoms with Gasteiger partial charge in [-0.1, -0.05) is 17.3 Å². The summed E-state index contributed by atoms with van der Waals surface area (Å²) in [5.41, 5.74) is 7.31. The van der Waals surface area contributed by atoms with Crippen LogP contribution in [0.25, 0.3) is 5.69 Å². The molecule has 0 aliphatic heterocycles. The molecule has 0 amide bonds. The van der Waals surface area contributed by atoms with Crippen LogP contribution in [0.1, 0.15) is 19.5 Å². The molecule has 84 valence electrons. The van der Waals surface area contributed by atoms with Gasteiger partial charge in [0.25, 0.3) is 0 Å². The van der Waals surface area contributed by atoms with Gasteiger partial charge in [-0.2, -0.15) is 0 Å². The Labute approximate surface area is 108 Å². The Bertz CT molecular complexity index is 499. The number of para-hydroxylation sites is 1. The standard InChI is InChI=1S/C11H13IN4/c1-11(2,13)10-7-16(15-14-10)9-6-4-3-5-8(9)12/h3-7H,13H2,1-2H3. The second kappa shape index (κ2) is 4.14. The van der Waals surface area contributed by atoms with Gasteiger partial charge in [-0.3, -0.25) is 0 Å². The molecule has 0 aliphatic rings. The third-order valence-corrected chi connectivity index (χ3v) is 3.17. The van der Waals surface area contributed by atoms with Gasteiger partial charge in [-0.05, 0) is 48.6 Å². The van der Waals surface area contributed by atoms with Crippen LogP contribution in [0, 0.1) is 3.57 Å². The summed E-state index contributed by atoms with van der Waals surface area (Å²) >= 11 is 2.27. The fraction of sp³-hybridized carbons (Fsp3) is 0.273. The van der Waals surface area contributed by atoms with Crippen molar-refractivity contribution in [1.29, 1.82) is 0 Å². The van der Waals surface area contributed by atoms with E-state index in [1.54, 1.807) is 4.68 Å². The summed E-state index contributed by atoms with van der Waals surface area (Å²) < 4.78 is 2.89. The first-order valence-corrected chi connectivity index (χ1v) is 6.03. The SMILES string of the molecule is CC(C)(N)c1cn(-c2ccccc2I)nn1. The van der Waals surface area contributed by atoms with Crippen LogP contribution in [0.2, 0.25) is 0 Å². The predicted octanol–water partition coefficient (Wildman–Crippen LogP) is 2.07. The summed E-state index contributed by atoms with van der Waals surface area (Å²) in [6.07, 6.45) is 1.87. The Morgan fingerprint density at radius 3 is 2.56 bits per heavy atom. The van der Waals surface area contributed by atoms with Gasteiger partial charge in [-0.15, -0.1) is 5.10 Å². The molecule has 0 spiro atoms. The molecule has 16 heavy (non-hydrogen) atoms. The van der Waals surface area contributed by atoms with Crippen molar-refractivity contribution < 1.29 is 0 Å². The highest BCUT2D eigenvalue weighted by molar-refractivity contribution is 14.1. The van der Waals surface area contributed by atoms with E-state index in [0.29, 0.717) is 0 Å². The van der Waals surface area contributed by atoms with Crippen LogP contribution >= 0.6 is 22.6 Å². The van der Waals surface area contributed by atoms with Crippen LogP contribution in [0.4, 0.5) is 0 Å². The summed E-state index contributed by atoms with van der Waals surface area (Å²) in [7, 11) is 0. The Morgan fingerprint density at radius 1 is 1.31 bits per heavy atom. The molecule has 2 rings (SSSR count). The summed E-state index contributed by atoms with van der Waals surface area (Å²) in [5, 5.41) is 8.19. The molecule has 0 aliphatic carbocycles. The van der Waals surface area contributed by atoms with Crippen LogP contribution < -0.4 is 5.73 Å². The maximum atomic E-state index is 5.97. The van der Waals surface area contributed by atoms with Crippen molar-refractivity contribution in [2.75, 3.05) is 0 Å². The van der Waals surface area contributed by atoms with Crippen molar-refractivity contribution in [1.82, 2.24) is 15.0 Å². The zero-order chi connectivity index (χ0) is 11.8. The molecule has 0 saturated carbocycles. The predicted molar refractivity (Wildman–Crippen MR) is 71.3 cm³/mol. The molecular weight excluding hydrogens is 315 g/mol. The smallest absolute Gasteiger partial charge is 0.102 e. The number of nitrogens with zero attached hydrogens (tertiary/aromatic N) is 3. The van der Waals surface area contributed by atoms with Gasteiger partial charge >= 0.3 is 0 Å². The zero-order valence-corrected chi connectivity index (χ0v) is 11.3. The van der Waals surface area contributed by atoms with E-state index in [-0.39, 0.29) is 0 Å². The fourth-order valence-electron chi connectivity index (χ4n) is 1.31. The average Bonchev–Trinajstić information content (AvgIpc) is 2.66. The number of nitrogens with two attached hydrogens (primary N) is 1. The van der Waals surface area contributed by atoms with Gasteiger partial charge in [0, 0.05) is 3.57 Å². The van der Waals surface area contributed by atoms with E-state index in [0.717, 1.165) is 15.0 Å². The molecule has 0 saturated heterocycles. The molecule has 1 heterocycles. The molecular formula is C11H13IN4. The highest BCUT2D eigenvalue weighted by atomic mass is 127. The molecule has 0 atom stereocenters. The van der Waals surface area contributed by atoms with Crippen molar-refractivity contribution >= 4 is 22.6 Å². The summed E-state index contributed by atoms with van der Waals surface area (Å²) in [4.78, 5) is 0. The van der Waals surface area contributed by atoms with Gasteiger partial charge in [0.05, 0.1) is 17.4 Å². The van der Waals surface area contributed by atoms with Crippen LogP contribution in [0.3, 0.4) is 0 Å². The van der Waals surface area contributed by atoms with Crippen molar-refractivity contribution in [3.05, 3.63) is 39.7 Å². The first-order valence-electron chi connectivity index (χ1n) is 4.95. The maximum Gasteiger partial charge on any atom is 0.102 e. The van der Waals surface area contributed by atoms with Gasteiger partial charge in [0.1, 0.15) is 5.69 Å². The second-order valence-electron chi connectivity index (χ2n) is 4.22. The molecule has 1 aromatic heterocycles.